The van der Waals surface area contributed by atoms with E-state index in [1.807, 2.05) is 0 Å². The van der Waals surface area contributed by atoms with Crippen molar-refractivity contribution < 1.29 is 190 Å². The first-order chi connectivity index (χ1) is 23.1. The summed E-state index contributed by atoms with van der Waals surface area (Å²) in [5, 5.41) is 135. The number of rotatable bonds is 20. The summed E-state index contributed by atoms with van der Waals surface area (Å²) >= 11 is 0. The van der Waals surface area contributed by atoms with E-state index in [0.717, 1.165) is 0 Å². The second-order valence-electron chi connectivity index (χ2n) is 9.91. The van der Waals surface area contributed by atoms with Crippen LogP contribution in [0.5, 0.6) is 0 Å². The van der Waals surface area contributed by atoms with Crippen LogP contribution in [0.1, 0.15) is 51.4 Å². The molecule has 6 radical (unpaired) electrons. The second kappa shape index (κ2) is 36.3. The van der Waals surface area contributed by atoms with Crippen molar-refractivity contribution in [1.82, 2.24) is 0 Å². The number of hydrogen-bond acceptors (Lipinski definition) is 16. The topological polar surface area (TPSA) is 529 Å². The van der Waals surface area contributed by atoms with Crippen molar-refractivity contribution in [2.45, 2.75) is 73.8 Å². The van der Waals surface area contributed by atoms with Gasteiger partial charge in [0.05, 0.1) is 51.4 Å². The summed E-state index contributed by atoms with van der Waals surface area (Å²) in [5.74, 6) is -20.1. The van der Waals surface area contributed by atoms with Crippen molar-refractivity contribution in [3.8, 4) is 0 Å². The molecule has 34 heteroatoms. The van der Waals surface area contributed by atoms with Crippen molar-refractivity contribution >= 4 is 143 Å². The van der Waals surface area contributed by atoms with Crippen molar-refractivity contribution in [3.05, 3.63) is 0 Å². The normalized spacial score (nSPS) is 9.72. The third-order valence-corrected chi connectivity index (χ3v) is 5.14. The number of aliphatic hydroxyl groups is 4. The van der Waals surface area contributed by atoms with E-state index in [-0.39, 0.29) is 123 Å². The standard InChI is InChI=1S/4C6H8O7.3Fe.3Sn.6H/c4*7-3(8)1-6(13,5(11)12)2-4(9)10;;;;;;;;;;;;/h4*13H,1-2H2,(H,7,8)(H,9,10)(H,11,12);;;;;;;;;;;;. The molecule has 0 spiro atoms. The average molecular weight is 1300 g/mol. The minimum atomic E-state index is -2.74. The fourth-order valence-electron chi connectivity index (χ4n) is 2.86. The van der Waals surface area contributed by atoms with Gasteiger partial charge in [0.1, 0.15) is 0 Å². The van der Waals surface area contributed by atoms with Crippen LogP contribution in [0, 0.1) is 0 Å². The van der Waals surface area contributed by atoms with E-state index < -0.39 is 145 Å². The van der Waals surface area contributed by atoms with Gasteiger partial charge in [-0.25, -0.2) is 19.2 Å². The minimum absolute atomic E-state index is 0. The van der Waals surface area contributed by atoms with Crippen LogP contribution in [0.25, 0.3) is 0 Å². The number of carboxylic acid groups (broad SMARTS) is 12. The molecule has 28 nitrogen and oxygen atoms in total. The van der Waals surface area contributed by atoms with Crippen molar-refractivity contribution in [2.24, 2.45) is 0 Å². The molecule has 0 atom stereocenters. The summed E-state index contributed by atoms with van der Waals surface area (Å²) in [5.41, 5.74) is -11.0. The quantitative estimate of drug-likeness (QED) is 0.0504. The summed E-state index contributed by atoms with van der Waals surface area (Å²) in [6.07, 6.45) is -9.15. The SMILES string of the molecule is O=C(O)CC(O)(CC(=O)O)C(=O)O.O=C(O)CC(O)(CC(=O)O)C(=O)O.O=C(O)CC(O)(CC(=O)O)C(=O)O.O=C(O)CC(O)(CC(=O)O)C(=O)O.[Fe].[Fe].[Fe].[SnH2].[SnH2].[SnH2]. The molecule has 0 aliphatic rings. The molecule has 16 N–H and O–H groups in total. The zero-order chi connectivity index (χ0) is 42.6. The molecule has 0 aromatic carbocycles. The van der Waals surface area contributed by atoms with Gasteiger partial charge in [0.25, 0.3) is 0 Å². The van der Waals surface area contributed by atoms with Gasteiger partial charge in [-0.15, -0.1) is 0 Å². The molecular formula is C24H38Fe3O28Sn3. The van der Waals surface area contributed by atoms with Crippen molar-refractivity contribution in [2.75, 3.05) is 0 Å². The first-order valence-corrected chi connectivity index (χ1v) is 12.7. The summed E-state index contributed by atoms with van der Waals surface area (Å²) in [6.45, 7) is 0. The zero-order valence-corrected chi connectivity index (χ0v) is 44.3. The second-order valence-corrected chi connectivity index (χ2v) is 9.91. The predicted octanol–water partition coefficient (Wildman–Crippen LogP) is -7.75. The molecule has 0 aromatic heterocycles. The first kappa shape index (κ1) is 79.6. The molecule has 338 valence electrons. The molecule has 0 saturated carbocycles. The molecule has 0 aliphatic carbocycles. The van der Waals surface area contributed by atoms with Gasteiger partial charge in [0.15, 0.2) is 22.4 Å². The van der Waals surface area contributed by atoms with Gasteiger partial charge in [0.2, 0.25) is 0 Å². The number of carboxylic acids is 12. The van der Waals surface area contributed by atoms with Crippen LogP contribution in [0.15, 0.2) is 0 Å². The third-order valence-electron chi connectivity index (χ3n) is 5.14. The summed E-state index contributed by atoms with van der Waals surface area (Å²) in [4.78, 5) is 122. The van der Waals surface area contributed by atoms with Gasteiger partial charge >= 0.3 is 143 Å². The number of hydrogen-bond donors (Lipinski definition) is 16. The van der Waals surface area contributed by atoms with E-state index in [1.54, 1.807) is 0 Å². The van der Waals surface area contributed by atoms with Gasteiger partial charge < -0.3 is 81.7 Å². The Hall–Kier alpha value is -2.57. The Balaban J connectivity index is -0.0000000640. The van der Waals surface area contributed by atoms with Gasteiger partial charge in [0, 0.05) is 51.2 Å². The molecule has 0 aromatic rings. The third kappa shape index (κ3) is 38.9. The Bertz CT molecular complexity index is 1150. The number of aliphatic carboxylic acids is 12. The molecule has 0 amide bonds. The molecule has 0 bridgehead atoms. The van der Waals surface area contributed by atoms with Crippen LogP contribution in [0.4, 0.5) is 0 Å². The Morgan fingerprint density at radius 1 is 0.241 bits per heavy atom. The maximum absolute atomic E-state index is 10.3. The monoisotopic (exact) mass is 1300 g/mol. The fourth-order valence-corrected chi connectivity index (χ4v) is 2.86. The molecule has 58 heavy (non-hydrogen) atoms. The van der Waals surface area contributed by atoms with Crippen LogP contribution in [0.3, 0.4) is 0 Å². The molecule has 0 saturated heterocycles. The maximum atomic E-state index is 10.3. The van der Waals surface area contributed by atoms with Crippen LogP contribution in [-0.4, -0.2) is 247 Å². The van der Waals surface area contributed by atoms with Gasteiger partial charge in [-0.1, -0.05) is 0 Å². The van der Waals surface area contributed by atoms with Crippen molar-refractivity contribution in [3.63, 3.8) is 0 Å². The summed E-state index contributed by atoms with van der Waals surface area (Å²) in [6, 6.07) is 0. The first-order valence-electron chi connectivity index (χ1n) is 12.7. The number of carbonyl (C=O) groups is 12. The molecule has 0 unspecified atom stereocenters. The van der Waals surface area contributed by atoms with E-state index in [9.17, 15) is 57.5 Å². The summed E-state index contributed by atoms with van der Waals surface area (Å²) in [7, 11) is 0. The Kier molecular flexibility index (Phi) is 49.8. The molecular weight excluding hydrogens is 1260 g/mol. The van der Waals surface area contributed by atoms with E-state index in [2.05, 4.69) is 0 Å². The van der Waals surface area contributed by atoms with Crippen LogP contribution in [0.2, 0.25) is 0 Å². The van der Waals surface area contributed by atoms with E-state index in [0.29, 0.717) is 0 Å². The Morgan fingerprint density at radius 2 is 0.310 bits per heavy atom. The van der Waals surface area contributed by atoms with E-state index >= 15 is 0 Å². The molecule has 0 rings (SSSR count). The van der Waals surface area contributed by atoms with Gasteiger partial charge in [-0.2, -0.15) is 0 Å². The van der Waals surface area contributed by atoms with E-state index in [1.165, 1.54) is 0 Å². The van der Waals surface area contributed by atoms with Gasteiger partial charge in [-0.3, -0.25) is 38.4 Å². The predicted molar refractivity (Wildman–Crippen MR) is 174 cm³/mol. The molecule has 0 fully saturated rings. The summed E-state index contributed by atoms with van der Waals surface area (Å²) < 4.78 is 0. The van der Waals surface area contributed by atoms with Crippen molar-refractivity contribution in [1.29, 1.82) is 0 Å². The Morgan fingerprint density at radius 3 is 0.345 bits per heavy atom. The fraction of sp³-hybridized carbons (Fsp3) is 0.500. The van der Waals surface area contributed by atoms with Crippen LogP contribution >= 0.6 is 0 Å². The van der Waals surface area contributed by atoms with Crippen LogP contribution < -0.4 is 0 Å². The molecule has 0 aliphatic heterocycles. The van der Waals surface area contributed by atoms with Crippen LogP contribution in [-0.2, 0) is 109 Å². The Labute approximate surface area is 404 Å². The van der Waals surface area contributed by atoms with E-state index in [4.69, 9.17) is 81.7 Å². The van der Waals surface area contributed by atoms with Gasteiger partial charge in [-0.05, 0) is 0 Å². The molecule has 0 heterocycles. The zero-order valence-electron chi connectivity index (χ0n) is 28.9. The average Bonchev–Trinajstić information content (AvgIpc) is 2.85.